The maximum absolute atomic E-state index is 13.8. The van der Waals surface area contributed by atoms with E-state index in [0.717, 1.165) is 13.1 Å². The fourth-order valence-corrected chi connectivity index (χ4v) is 2.45. The zero-order valence-electron chi connectivity index (χ0n) is 11.6. The average molecular weight is 346 g/mol. The molecule has 1 heterocycles. The molecular formula is C16H15Cl2F2NO. The van der Waals surface area contributed by atoms with E-state index in [1.807, 2.05) is 0 Å². The Kier molecular flexibility index (Phi) is 5.62. The normalized spacial score (nSPS) is 15.6. The molecule has 0 amide bonds. The van der Waals surface area contributed by atoms with E-state index in [1.54, 1.807) is 24.3 Å². The lowest BCUT2D eigenvalue weighted by Crippen LogP contribution is -2.46. The molecule has 2 aromatic carbocycles. The van der Waals surface area contributed by atoms with Crippen LogP contribution in [0.3, 0.4) is 0 Å². The first-order chi connectivity index (χ1) is 10.1. The van der Waals surface area contributed by atoms with E-state index in [9.17, 15) is 8.78 Å². The van der Waals surface area contributed by atoms with E-state index in [1.165, 1.54) is 18.2 Å². The maximum atomic E-state index is 13.8. The lowest BCUT2D eigenvalue weighted by atomic mass is 9.90. The monoisotopic (exact) mass is 345 g/mol. The lowest BCUT2D eigenvalue weighted by molar-refractivity contribution is 0.0948. The molecule has 1 aliphatic rings. The van der Waals surface area contributed by atoms with Crippen molar-refractivity contribution in [3.63, 3.8) is 0 Å². The number of hydrogen-bond acceptors (Lipinski definition) is 2. The van der Waals surface area contributed by atoms with E-state index < -0.39 is 17.7 Å². The molecule has 1 atom stereocenters. The zero-order chi connectivity index (χ0) is 14.8. The molecule has 2 aromatic rings. The van der Waals surface area contributed by atoms with E-state index in [0.29, 0.717) is 5.56 Å². The predicted octanol–water partition coefficient (Wildman–Crippen LogP) is 4.38. The molecule has 1 aliphatic heterocycles. The van der Waals surface area contributed by atoms with Gasteiger partial charge in [-0.15, -0.1) is 12.4 Å². The van der Waals surface area contributed by atoms with Crippen molar-refractivity contribution in [3.05, 3.63) is 64.7 Å². The van der Waals surface area contributed by atoms with E-state index in [-0.39, 0.29) is 29.1 Å². The highest BCUT2D eigenvalue weighted by atomic mass is 35.5. The van der Waals surface area contributed by atoms with Crippen LogP contribution in [0.2, 0.25) is 5.02 Å². The predicted molar refractivity (Wildman–Crippen MR) is 84.8 cm³/mol. The average Bonchev–Trinajstić information content (AvgIpc) is 2.41. The van der Waals surface area contributed by atoms with Crippen LogP contribution in [0.1, 0.15) is 11.7 Å². The van der Waals surface area contributed by atoms with Gasteiger partial charge in [-0.25, -0.2) is 8.78 Å². The highest BCUT2D eigenvalue weighted by molar-refractivity contribution is 6.30. The van der Waals surface area contributed by atoms with Gasteiger partial charge in [0.05, 0.1) is 5.02 Å². The summed E-state index contributed by atoms with van der Waals surface area (Å²) < 4.78 is 33.2. The van der Waals surface area contributed by atoms with E-state index in [2.05, 4.69) is 5.32 Å². The molecule has 22 heavy (non-hydrogen) atoms. The van der Waals surface area contributed by atoms with Crippen molar-refractivity contribution in [2.24, 2.45) is 5.92 Å². The van der Waals surface area contributed by atoms with Gasteiger partial charge in [-0.2, -0.15) is 0 Å². The molecule has 0 radical (unpaired) electrons. The Morgan fingerprint density at radius 1 is 1.09 bits per heavy atom. The summed E-state index contributed by atoms with van der Waals surface area (Å²) >= 11 is 5.71. The molecule has 1 fully saturated rings. The third-order valence-electron chi connectivity index (χ3n) is 3.60. The number of nitrogens with one attached hydrogen (secondary N) is 1. The van der Waals surface area contributed by atoms with Crippen LogP contribution >= 0.6 is 24.0 Å². The van der Waals surface area contributed by atoms with Crippen molar-refractivity contribution >= 4 is 24.0 Å². The summed E-state index contributed by atoms with van der Waals surface area (Å²) in [5.41, 5.74) is 0.659. The minimum atomic E-state index is -0.497. The number of para-hydroxylation sites is 1. The topological polar surface area (TPSA) is 21.3 Å². The largest absolute Gasteiger partial charge is 0.482 e. The van der Waals surface area contributed by atoms with Crippen molar-refractivity contribution < 1.29 is 13.5 Å². The van der Waals surface area contributed by atoms with Crippen LogP contribution in [0.4, 0.5) is 8.78 Å². The first-order valence-electron chi connectivity index (χ1n) is 6.72. The molecule has 2 nitrogen and oxygen atoms in total. The second-order valence-electron chi connectivity index (χ2n) is 5.06. The quantitative estimate of drug-likeness (QED) is 0.887. The Labute approximate surface area is 138 Å². The maximum Gasteiger partial charge on any atom is 0.165 e. The number of ether oxygens (including phenoxy) is 1. The van der Waals surface area contributed by atoms with Crippen LogP contribution in [0.15, 0.2) is 42.5 Å². The molecule has 118 valence electrons. The van der Waals surface area contributed by atoms with Gasteiger partial charge in [0, 0.05) is 19.0 Å². The molecule has 1 saturated heterocycles. The smallest absolute Gasteiger partial charge is 0.165 e. The molecule has 0 aliphatic carbocycles. The standard InChI is InChI=1S/C16H14ClF2NO.ClH/c17-12-6-5-10(7-14(12)19)16(11-8-20-9-11)21-15-4-2-1-3-13(15)18;/h1-7,11,16,20H,8-9H2;1H/t16-;/m0./s1. The summed E-state index contributed by atoms with van der Waals surface area (Å²) in [5.74, 6) is -0.581. The fourth-order valence-electron chi connectivity index (χ4n) is 2.33. The minimum absolute atomic E-state index is 0. The minimum Gasteiger partial charge on any atom is -0.482 e. The van der Waals surface area contributed by atoms with Crippen molar-refractivity contribution in [3.8, 4) is 5.75 Å². The highest BCUT2D eigenvalue weighted by Gasteiger charge is 2.31. The summed E-state index contributed by atoms with van der Waals surface area (Å²) in [6.45, 7) is 1.51. The third kappa shape index (κ3) is 3.51. The Balaban J connectivity index is 0.00000176. The van der Waals surface area contributed by atoms with Crippen LogP contribution in [0, 0.1) is 17.6 Å². The SMILES string of the molecule is Cl.Fc1cc([C@H](Oc2ccccc2F)C2CNC2)ccc1Cl. The van der Waals surface area contributed by atoms with Crippen LogP contribution in [-0.2, 0) is 0 Å². The van der Waals surface area contributed by atoms with Gasteiger partial charge in [-0.1, -0.05) is 29.8 Å². The molecule has 0 bridgehead atoms. The fraction of sp³-hybridized carbons (Fsp3) is 0.250. The number of rotatable bonds is 4. The molecule has 1 N–H and O–H groups in total. The third-order valence-corrected chi connectivity index (χ3v) is 3.91. The van der Waals surface area contributed by atoms with Gasteiger partial charge in [0.25, 0.3) is 0 Å². The molecule has 6 heteroatoms. The summed E-state index contributed by atoms with van der Waals surface area (Å²) in [4.78, 5) is 0. The van der Waals surface area contributed by atoms with E-state index in [4.69, 9.17) is 16.3 Å². The summed E-state index contributed by atoms with van der Waals surface area (Å²) in [7, 11) is 0. The van der Waals surface area contributed by atoms with Gasteiger partial charge in [0.15, 0.2) is 11.6 Å². The van der Waals surface area contributed by atoms with Gasteiger partial charge in [-0.3, -0.25) is 0 Å². The van der Waals surface area contributed by atoms with Crippen LogP contribution < -0.4 is 10.1 Å². The molecule has 0 unspecified atom stereocenters. The molecule has 3 rings (SSSR count). The first-order valence-corrected chi connectivity index (χ1v) is 7.10. The molecule has 0 saturated carbocycles. The molecule has 0 aromatic heterocycles. The highest BCUT2D eigenvalue weighted by Crippen LogP contribution is 2.33. The first kappa shape index (κ1) is 17.0. The number of benzene rings is 2. The Morgan fingerprint density at radius 3 is 2.41 bits per heavy atom. The van der Waals surface area contributed by atoms with Gasteiger partial charge in [-0.05, 0) is 29.8 Å². The van der Waals surface area contributed by atoms with Gasteiger partial charge < -0.3 is 10.1 Å². The number of hydrogen-bond donors (Lipinski definition) is 1. The second-order valence-corrected chi connectivity index (χ2v) is 5.47. The summed E-state index contributed by atoms with van der Waals surface area (Å²) in [6.07, 6.45) is -0.407. The van der Waals surface area contributed by atoms with Crippen LogP contribution in [0.5, 0.6) is 5.75 Å². The van der Waals surface area contributed by atoms with Crippen molar-refractivity contribution in [1.82, 2.24) is 5.32 Å². The molecular weight excluding hydrogens is 331 g/mol. The Bertz CT molecular complexity index is 650. The summed E-state index contributed by atoms with van der Waals surface area (Å²) in [6, 6.07) is 10.8. The zero-order valence-corrected chi connectivity index (χ0v) is 13.1. The van der Waals surface area contributed by atoms with Gasteiger partial charge in [0.2, 0.25) is 0 Å². The van der Waals surface area contributed by atoms with Gasteiger partial charge in [0.1, 0.15) is 11.9 Å². The van der Waals surface area contributed by atoms with E-state index >= 15 is 0 Å². The molecule has 0 spiro atoms. The second kappa shape index (κ2) is 7.27. The van der Waals surface area contributed by atoms with Crippen molar-refractivity contribution in [2.45, 2.75) is 6.10 Å². The Hall–Kier alpha value is -1.36. The summed E-state index contributed by atoms with van der Waals surface area (Å²) in [5, 5.41) is 3.21. The van der Waals surface area contributed by atoms with Crippen LogP contribution in [-0.4, -0.2) is 13.1 Å². The Morgan fingerprint density at radius 2 is 1.82 bits per heavy atom. The van der Waals surface area contributed by atoms with Crippen molar-refractivity contribution in [2.75, 3.05) is 13.1 Å². The van der Waals surface area contributed by atoms with Crippen LogP contribution in [0.25, 0.3) is 0 Å². The lowest BCUT2D eigenvalue weighted by Gasteiger charge is -2.35. The number of halogens is 4. The van der Waals surface area contributed by atoms with Crippen molar-refractivity contribution in [1.29, 1.82) is 0 Å². The van der Waals surface area contributed by atoms with Gasteiger partial charge >= 0.3 is 0 Å².